The van der Waals surface area contributed by atoms with E-state index in [0.29, 0.717) is 12.1 Å². The highest BCUT2D eigenvalue weighted by Gasteiger charge is 2.53. The lowest BCUT2D eigenvalue weighted by atomic mass is 9.76. The molecule has 1 saturated carbocycles. The summed E-state index contributed by atoms with van der Waals surface area (Å²) in [6, 6.07) is 20.0. The van der Waals surface area contributed by atoms with E-state index < -0.39 is 0 Å². The molecule has 5 rings (SSSR count). The molecule has 0 aromatic heterocycles. The molecule has 144 valence electrons. The zero-order valence-electron chi connectivity index (χ0n) is 17.2. The zero-order chi connectivity index (χ0) is 19.3. The molecule has 0 bridgehead atoms. The number of hydrogen-bond acceptors (Lipinski definition) is 2. The second kappa shape index (κ2) is 6.55. The quantitative estimate of drug-likeness (QED) is 0.621. The Kier molecular flexibility index (Phi) is 4.12. The van der Waals surface area contributed by atoms with Crippen molar-refractivity contribution in [2.45, 2.75) is 58.2 Å². The minimum atomic E-state index is -0.0226. The molecule has 2 heteroatoms. The standard InChI is InChI=1S/C26H30N2/c1-19-11-7-10-16-24(19)27-20(2)25-17-18-26(28(25)21(27)3,23-14-8-9-15-23)22-12-5-4-6-13-22/h4-7,10-13,16-18,21,23H,8-9,14-15H2,1-3H3. The number of benzene rings is 2. The number of allylic oxidation sites excluding steroid dienone is 2. The topological polar surface area (TPSA) is 6.48 Å². The molecule has 2 aromatic carbocycles. The molecule has 2 nitrogen and oxygen atoms in total. The molecule has 2 aliphatic heterocycles. The lowest BCUT2D eigenvalue weighted by Gasteiger charge is -2.47. The Labute approximate surface area is 169 Å². The molecule has 0 spiro atoms. The van der Waals surface area contributed by atoms with E-state index in [0.717, 1.165) is 0 Å². The fourth-order valence-corrected chi connectivity index (χ4v) is 5.98. The minimum absolute atomic E-state index is 0.0226. The number of anilines is 1. The van der Waals surface area contributed by atoms with Gasteiger partial charge in [-0.05, 0) is 62.8 Å². The van der Waals surface area contributed by atoms with Crippen LogP contribution in [-0.2, 0) is 5.54 Å². The Bertz CT molecular complexity index is 936. The van der Waals surface area contributed by atoms with Crippen LogP contribution in [-0.4, -0.2) is 11.1 Å². The summed E-state index contributed by atoms with van der Waals surface area (Å²) in [6.07, 6.45) is 10.6. The highest BCUT2D eigenvalue weighted by Crippen LogP contribution is 2.55. The number of para-hydroxylation sites is 1. The average molecular weight is 371 g/mol. The number of nitrogens with zero attached hydrogens (tertiary/aromatic N) is 2. The molecule has 0 saturated heterocycles. The van der Waals surface area contributed by atoms with E-state index in [4.69, 9.17) is 0 Å². The summed E-state index contributed by atoms with van der Waals surface area (Å²) in [5, 5.41) is 0. The summed E-state index contributed by atoms with van der Waals surface area (Å²) in [5.41, 5.74) is 6.85. The monoisotopic (exact) mass is 370 g/mol. The fraction of sp³-hybridized carbons (Fsp3) is 0.385. The van der Waals surface area contributed by atoms with Crippen LogP contribution >= 0.6 is 0 Å². The van der Waals surface area contributed by atoms with E-state index in [9.17, 15) is 0 Å². The lowest BCUT2D eigenvalue weighted by Crippen LogP contribution is -2.51. The van der Waals surface area contributed by atoms with Crippen LogP contribution in [0.5, 0.6) is 0 Å². The number of rotatable bonds is 3. The molecule has 1 fully saturated rings. The molecule has 0 radical (unpaired) electrons. The van der Waals surface area contributed by atoms with Gasteiger partial charge >= 0.3 is 0 Å². The predicted molar refractivity (Wildman–Crippen MR) is 117 cm³/mol. The third-order valence-electron chi connectivity index (χ3n) is 7.22. The van der Waals surface area contributed by atoms with Gasteiger partial charge in [0.25, 0.3) is 0 Å². The maximum atomic E-state index is 2.72. The molecular formula is C26H30N2. The van der Waals surface area contributed by atoms with Gasteiger partial charge < -0.3 is 9.80 Å². The van der Waals surface area contributed by atoms with Crippen molar-refractivity contribution in [2.24, 2.45) is 5.92 Å². The van der Waals surface area contributed by atoms with Crippen LogP contribution in [0.25, 0.3) is 0 Å². The van der Waals surface area contributed by atoms with Crippen LogP contribution in [0.4, 0.5) is 5.69 Å². The zero-order valence-corrected chi connectivity index (χ0v) is 17.2. The van der Waals surface area contributed by atoms with Crippen LogP contribution in [0.1, 0.15) is 50.7 Å². The first kappa shape index (κ1) is 17.6. The van der Waals surface area contributed by atoms with Crippen LogP contribution in [0.15, 0.2) is 78.1 Å². The molecule has 2 aromatic rings. The highest BCUT2D eigenvalue weighted by atomic mass is 15.4. The summed E-state index contributed by atoms with van der Waals surface area (Å²) < 4.78 is 0. The predicted octanol–water partition coefficient (Wildman–Crippen LogP) is 6.35. The normalized spacial score (nSPS) is 27.2. The molecule has 2 atom stereocenters. The lowest BCUT2D eigenvalue weighted by molar-refractivity contribution is 0.101. The van der Waals surface area contributed by atoms with Gasteiger partial charge in [0.1, 0.15) is 6.17 Å². The molecule has 0 amide bonds. The van der Waals surface area contributed by atoms with Crippen LogP contribution in [0.2, 0.25) is 0 Å². The van der Waals surface area contributed by atoms with Crippen LogP contribution < -0.4 is 4.90 Å². The van der Waals surface area contributed by atoms with Crippen LogP contribution in [0, 0.1) is 12.8 Å². The van der Waals surface area contributed by atoms with Gasteiger partial charge in [-0.15, -0.1) is 0 Å². The Morgan fingerprint density at radius 2 is 1.57 bits per heavy atom. The van der Waals surface area contributed by atoms with Crippen molar-refractivity contribution in [3.8, 4) is 0 Å². The van der Waals surface area contributed by atoms with Crippen LogP contribution in [0.3, 0.4) is 0 Å². The second-order valence-electron chi connectivity index (χ2n) is 8.64. The van der Waals surface area contributed by atoms with Crippen molar-refractivity contribution in [3.63, 3.8) is 0 Å². The minimum Gasteiger partial charge on any atom is -0.336 e. The summed E-state index contributed by atoms with van der Waals surface area (Å²) in [4.78, 5) is 5.26. The Morgan fingerprint density at radius 1 is 0.893 bits per heavy atom. The van der Waals surface area contributed by atoms with Crippen molar-refractivity contribution in [2.75, 3.05) is 4.90 Å². The third kappa shape index (κ3) is 2.33. The summed E-state index contributed by atoms with van der Waals surface area (Å²) in [5.74, 6) is 0.677. The molecule has 0 N–H and O–H groups in total. The van der Waals surface area contributed by atoms with Gasteiger partial charge in [-0.3, -0.25) is 0 Å². The molecule has 1 aliphatic carbocycles. The van der Waals surface area contributed by atoms with Crippen molar-refractivity contribution in [1.29, 1.82) is 0 Å². The first-order valence-corrected chi connectivity index (χ1v) is 10.7. The van der Waals surface area contributed by atoms with E-state index in [-0.39, 0.29) is 5.54 Å². The maximum Gasteiger partial charge on any atom is 0.104 e. The van der Waals surface area contributed by atoms with Crippen molar-refractivity contribution in [1.82, 2.24) is 4.90 Å². The van der Waals surface area contributed by atoms with Gasteiger partial charge in [-0.25, -0.2) is 0 Å². The Hall–Kier alpha value is -2.48. The molecular weight excluding hydrogens is 340 g/mol. The Morgan fingerprint density at radius 3 is 2.29 bits per heavy atom. The van der Waals surface area contributed by atoms with E-state index in [1.54, 1.807) is 0 Å². The molecule has 3 aliphatic rings. The average Bonchev–Trinajstić information content (AvgIpc) is 3.43. The largest absolute Gasteiger partial charge is 0.336 e. The highest BCUT2D eigenvalue weighted by molar-refractivity contribution is 5.63. The summed E-state index contributed by atoms with van der Waals surface area (Å²) >= 11 is 0. The van der Waals surface area contributed by atoms with E-state index in [2.05, 4.69) is 97.3 Å². The molecule has 2 heterocycles. The fourth-order valence-electron chi connectivity index (χ4n) is 5.98. The summed E-state index contributed by atoms with van der Waals surface area (Å²) in [6.45, 7) is 6.89. The number of aryl methyl sites for hydroxylation is 1. The van der Waals surface area contributed by atoms with E-state index >= 15 is 0 Å². The Balaban J connectivity index is 1.66. The van der Waals surface area contributed by atoms with E-state index in [1.807, 2.05) is 0 Å². The smallest absolute Gasteiger partial charge is 0.104 e. The first-order chi connectivity index (χ1) is 13.6. The van der Waals surface area contributed by atoms with Crippen molar-refractivity contribution in [3.05, 3.63) is 89.3 Å². The van der Waals surface area contributed by atoms with Gasteiger partial charge in [0.15, 0.2) is 0 Å². The van der Waals surface area contributed by atoms with Gasteiger partial charge in [0.2, 0.25) is 0 Å². The van der Waals surface area contributed by atoms with Gasteiger partial charge in [-0.1, -0.05) is 67.4 Å². The summed E-state index contributed by atoms with van der Waals surface area (Å²) in [7, 11) is 0. The SMILES string of the molecule is CC1=C2C=CC(c3ccccc3)(C3CCCC3)N2C(C)N1c1ccccc1C. The van der Waals surface area contributed by atoms with Gasteiger partial charge in [-0.2, -0.15) is 0 Å². The third-order valence-corrected chi connectivity index (χ3v) is 7.22. The molecule has 2 unspecified atom stereocenters. The van der Waals surface area contributed by atoms with Crippen molar-refractivity contribution < 1.29 is 0 Å². The number of fused-ring (bicyclic) bond motifs is 1. The van der Waals surface area contributed by atoms with E-state index in [1.165, 1.54) is 53.9 Å². The first-order valence-electron chi connectivity index (χ1n) is 10.7. The van der Waals surface area contributed by atoms with Gasteiger partial charge in [0, 0.05) is 11.4 Å². The molecule has 28 heavy (non-hydrogen) atoms. The maximum absolute atomic E-state index is 2.72. The van der Waals surface area contributed by atoms with Gasteiger partial charge in [0.05, 0.1) is 11.2 Å². The second-order valence-corrected chi connectivity index (χ2v) is 8.64. The number of hydrogen-bond donors (Lipinski definition) is 0. The van der Waals surface area contributed by atoms with Crippen molar-refractivity contribution >= 4 is 5.69 Å².